The molecule has 2 fully saturated rings. The van der Waals surface area contributed by atoms with Gasteiger partial charge in [-0.25, -0.2) is 8.78 Å². The van der Waals surface area contributed by atoms with Gasteiger partial charge in [-0.05, 0) is 31.7 Å². The van der Waals surface area contributed by atoms with Gasteiger partial charge in [-0.15, -0.1) is 0 Å². The van der Waals surface area contributed by atoms with Gasteiger partial charge in [0, 0.05) is 51.4 Å². The van der Waals surface area contributed by atoms with Gasteiger partial charge in [0.1, 0.15) is 0 Å². The van der Waals surface area contributed by atoms with Gasteiger partial charge in [0.2, 0.25) is 0 Å². The van der Waals surface area contributed by atoms with Crippen molar-refractivity contribution in [3.63, 3.8) is 0 Å². The molecule has 0 spiro atoms. The Kier molecular flexibility index (Phi) is 6.04. The minimum atomic E-state index is -0.803. The summed E-state index contributed by atoms with van der Waals surface area (Å²) in [4.78, 5) is 4.52. The molecule has 2 aliphatic rings. The lowest BCUT2D eigenvalue weighted by Gasteiger charge is -2.37. The highest BCUT2D eigenvalue weighted by molar-refractivity contribution is 5.19. The maximum absolute atomic E-state index is 13.9. The number of halogens is 2. The average molecular weight is 354 g/mol. The van der Waals surface area contributed by atoms with Crippen LogP contribution in [0.1, 0.15) is 19.4 Å². The number of aliphatic hydroxyl groups excluding tert-OH is 1. The summed E-state index contributed by atoms with van der Waals surface area (Å²) in [7, 11) is 0. The lowest BCUT2D eigenvalue weighted by molar-refractivity contribution is -0.0727. The first-order valence-electron chi connectivity index (χ1n) is 9.10. The highest BCUT2D eigenvalue weighted by Crippen LogP contribution is 2.27. The third-order valence-corrected chi connectivity index (χ3v) is 5.30. The average Bonchev–Trinajstić information content (AvgIpc) is 2.92. The van der Waals surface area contributed by atoms with Crippen molar-refractivity contribution in [2.75, 3.05) is 39.3 Å². The Morgan fingerprint density at radius 2 is 1.72 bits per heavy atom. The number of benzene rings is 1. The SMILES string of the molecule is C[C@@H]1CN(C[C@@H]2CN(Cc3cccc(F)c3F)C[C@@H]2CO)C[C@H](C)O1. The molecule has 2 saturated heterocycles. The summed E-state index contributed by atoms with van der Waals surface area (Å²) in [6, 6.07) is 4.31. The lowest BCUT2D eigenvalue weighted by Crippen LogP contribution is -2.48. The van der Waals surface area contributed by atoms with Gasteiger partial charge in [0.05, 0.1) is 12.2 Å². The predicted molar refractivity (Wildman–Crippen MR) is 92.1 cm³/mol. The molecule has 4 atom stereocenters. The van der Waals surface area contributed by atoms with E-state index in [1.165, 1.54) is 0 Å². The zero-order chi connectivity index (χ0) is 18.0. The van der Waals surface area contributed by atoms with E-state index < -0.39 is 11.6 Å². The topological polar surface area (TPSA) is 35.9 Å². The first kappa shape index (κ1) is 18.7. The van der Waals surface area contributed by atoms with Crippen LogP contribution in [0.25, 0.3) is 0 Å². The van der Waals surface area contributed by atoms with Crippen molar-refractivity contribution in [3.8, 4) is 0 Å². The van der Waals surface area contributed by atoms with Crippen LogP contribution in [-0.2, 0) is 11.3 Å². The van der Waals surface area contributed by atoms with Crippen molar-refractivity contribution in [1.29, 1.82) is 0 Å². The molecule has 1 N–H and O–H groups in total. The third kappa shape index (κ3) is 4.56. The summed E-state index contributed by atoms with van der Waals surface area (Å²) in [5.74, 6) is -1.06. The summed E-state index contributed by atoms with van der Waals surface area (Å²) in [5, 5.41) is 9.75. The van der Waals surface area contributed by atoms with Gasteiger partial charge < -0.3 is 9.84 Å². The maximum Gasteiger partial charge on any atom is 0.163 e. The number of aliphatic hydroxyl groups is 1. The van der Waals surface area contributed by atoms with E-state index in [0.717, 1.165) is 32.2 Å². The quantitative estimate of drug-likeness (QED) is 0.879. The lowest BCUT2D eigenvalue weighted by atomic mass is 9.96. The molecule has 2 aliphatic heterocycles. The first-order chi connectivity index (χ1) is 12.0. The van der Waals surface area contributed by atoms with Crippen molar-refractivity contribution in [3.05, 3.63) is 35.4 Å². The standard InChI is InChI=1S/C19H28F2N2O2/c1-13-6-22(7-14(2)25-13)9-16-10-23(11-17(16)12-24)8-15-4-3-5-18(20)19(15)21/h3-5,13-14,16-17,24H,6-12H2,1-2H3/t13-,14+,16-,17-/m1/s1. The normalized spacial score (nSPS) is 31.6. The number of morpholine rings is 1. The fourth-order valence-corrected chi connectivity index (χ4v) is 4.26. The molecule has 2 heterocycles. The molecule has 4 nitrogen and oxygen atoms in total. The fraction of sp³-hybridized carbons (Fsp3) is 0.684. The van der Waals surface area contributed by atoms with Crippen molar-refractivity contribution < 1.29 is 18.6 Å². The summed E-state index contributed by atoms with van der Waals surface area (Å²) < 4.78 is 33.1. The van der Waals surface area contributed by atoms with E-state index in [1.54, 1.807) is 12.1 Å². The molecule has 3 rings (SSSR count). The largest absolute Gasteiger partial charge is 0.396 e. The van der Waals surface area contributed by atoms with Crippen LogP contribution in [0.2, 0.25) is 0 Å². The van der Waals surface area contributed by atoms with E-state index in [2.05, 4.69) is 23.6 Å². The van der Waals surface area contributed by atoms with E-state index in [9.17, 15) is 13.9 Å². The molecule has 0 amide bonds. The molecule has 0 radical (unpaired) electrons. The van der Waals surface area contributed by atoms with E-state index in [0.29, 0.717) is 24.6 Å². The number of nitrogens with zero attached hydrogens (tertiary/aromatic N) is 2. The van der Waals surface area contributed by atoms with Crippen LogP contribution >= 0.6 is 0 Å². The van der Waals surface area contributed by atoms with Crippen LogP contribution < -0.4 is 0 Å². The molecular formula is C19H28F2N2O2. The number of hydrogen-bond acceptors (Lipinski definition) is 4. The van der Waals surface area contributed by atoms with Crippen molar-refractivity contribution in [2.45, 2.75) is 32.6 Å². The zero-order valence-electron chi connectivity index (χ0n) is 15.0. The van der Waals surface area contributed by atoms with Crippen LogP contribution in [0, 0.1) is 23.5 Å². The molecule has 25 heavy (non-hydrogen) atoms. The molecule has 140 valence electrons. The smallest absolute Gasteiger partial charge is 0.163 e. The highest BCUT2D eigenvalue weighted by Gasteiger charge is 2.35. The maximum atomic E-state index is 13.9. The summed E-state index contributed by atoms with van der Waals surface area (Å²) >= 11 is 0. The Balaban J connectivity index is 1.61. The van der Waals surface area contributed by atoms with Gasteiger partial charge in [-0.1, -0.05) is 12.1 Å². The minimum absolute atomic E-state index is 0.127. The van der Waals surface area contributed by atoms with Crippen LogP contribution in [0.4, 0.5) is 8.78 Å². The Morgan fingerprint density at radius 3 is 2.40 bits per heavy atom. The zero-order valence-corrected chi connectivity index (χ0v) is 15.0. The van der Waals surface area contributed by atoms with Gasteiger partial charge in [-0.2, -0.15) is 0 Å². The molecule has 0 unspecified atom stereocenters. The van der Waals surface area contributed by atoms with E-state index >= 15 is 0 Å². The second-order valence-corrected chi connectivity index (χ2v) is 7.59. The van der Waals surface area contributed by atoms with Gasteiger partial charge in [0.15, 0.2) is 11.6 Å². The summed E-state index contributed by atoms with van der Waals surface area (Å²) in [6.45, 7) is 8.89. The van der Waals surface area contributed by atoms with Crippen molar-refractivity contribution >= 4 is 0 Å². The second-order valence-electron chi connectivity index (χ2n) is 7.59. The molecule has 0 aliphatic carbocycles. The van der Waals surface area contributed by atoms with Crippen LogP contribution in [0.5, 0.6) is 0 Å². The van der Waals surface area contributed by atoms with Gasteiger partial charge >= 0.3 is 0 Å². The molecule has 0 bridgehead atoms. The van der Waals surface area contributed by atoms with E-state index in [4.69, 9.17) is 4.74 Å². The molecule has 1 aromatic rings. The van der Waals surface area contributed by atoms with Crippen molar-refractivity contribution in [2.24, 2.45) is 11.8 Å². The molecule has 1 aromatic carbocycles. The fourth-order valence-electron chi connectivity index (χ4n) is 4.26. The highest BCUT2D eigenvalue weighted by atomic mass is 19.2. The number of hydrogen-bond donors (Lipinski definition) is 1. The van der Waals surface area contributed by atoms with Gasteiger partial charge in [0.25, 0.3) is 0 Å². The molecule has 0 aromatic heterocycles. The van der Waals surface area contributed by atoms with E-state index in [1.807, 2.05) is 0 Å². The Bertz CT molecular complexity index is 577. The second kappa shape index (κ2) is 8.08. The van der Waals surface area contributed by atoms with Gasteiger partial charge in [-0.3, -0.25) is 9.80 Å². The Hall–Kier alpha value is -1.08. The number of ether oxygens (including phenoxy) is 1. The van der Waals surface area contributed by atoms with E-state index in [-0.39, 0.29) is 24.7 Å². The Morgan fingerprint density at radius 1 is 1.04 bits per heavy atom. The first-order valence-corrected chi connectivity index (χ1v) is 9.10. The van der Waals surface area contributed by atoms with Crippen LogP contribution in [-0.4, -0.2) is 66.4 Å². The number of likely N-dealkylation sites (tertiary alicyclic amines) is 1. The van der Waals surface area contributed by atoms with Crippen LogP contribution in [0.3, 0.4) is 0 Å². The number of rotatable bonds is 5. The monoisotopic (exact) mass is 354 g/mol. The van der Waals surface area contributed by atoms with Crippen LogP contribution in [0.15, 0.2) is 18.2 Å². The summed E-state index contributed by atoms with van der Waals surface area (Å²) in [6.07, 6.45) is 0.436. The van der Waals surface area contributed by atoms with Crippen molar-refractivity contribution in [1.82, 2.24) is 9.80 Å². The molecule has 0 saturated carbocycles. The predicted octanol–water partition coefficient (Wildman–Crippen LogP) is 2.11. The third-order valence-electron chi connectivity index (χ3n) is 5.30. The summed E-state index contributed by atoms with van der Waals surface area (Å²) in [5.41, 5.74) is 0.381. The molecule has 6 heteroatoms. The minimum Gasteiger partial charge on any atom is -0.396 e. The molecular weight excluding hydrogens is 326 g/mol. The Labute approximate surface area is 148 Å².